The SMILES string of the molecule is Cc1cc(C(=O)N(CCN)Cc2ccccc2)n[nH]1. The Balaban J connectivity index is 2.13. The number of aryl methyl sites for hydroxylation is 1. The normalized spacial score (nSPS) is 10.4. The van der Waals surface area contributed by atoms with Crippen molar-refractivity contribution in [3.05, 3.63) is 53.3 Å². The number of nitrogens with zero attached hydrogens (tertiary/aromatic N) is 2. The summed E-state index contributed by atoms with van der Waals surface area (Å²) in [6, 6.07) is 11.6. The summed E-state index contributed by atoms with van der Waals surface area (Å²) in [7, 11) is 0. The Labute approximate surface area is 112 Å². The number of rotatable bonds is 5. The third-order valence-electron chi connectivity index (χ3n) is 2.83. The van der Waals surface area contributed by atoms with Crippen molar-refractivity contribution in [1.82, 2.24) is 15.1 Å². The lowest BCUT2D eigenvalue weighted by Crippen LogP contribution is -2.35. The molecule has 0 radical (unpaired) electrons. The van der Waals surface area contributed by atoms with E-state index in [4.69, 9.17) is 5.73 Å². The van der Waals surface area contributed by atoms with E-state index in [0.717, 1.165) is 11.3 Å². The van der Waals surface area contributed by atoms with Crippen LogP contribution < -0.4 is 5.73 Å². The van der Waals surface area contributed by atoms with Crippen LogP contribution in [0.5, 0.6) is 0 Å². The number of amides is 1. The van der Waals surface area contributed by atoms with Crippen LogP contribution in [0.2, 0.25) is 0 Å². The van der Waals surface area contributed by atoms with Gasteiger partial charge in [0.05, 0.1) is 0 Å². The predicted molar refractivity (Wildman–Crippen MR) is 73.6 cm³/mol. The molecule has 100 valence electrons. The van der Waals surface area contributed by atoms with Crippen molar-refractivity contribution in [2.45, 2.75) is 13.5 Å². The minimum absolute atomic E-state index is 0.0985. The number of nitrogens with two attached hydrogens (primary N) is 1. The molecule has 2 aromatic rings. The number of H-pyrrole nitrogens is 1. The first-order chi connectivity index (χ1) is 9.20. The summed E-state index contributed by atoms with van der Waals surface area (Å²) >= 11 is 0. The summed E-state index contributed by atoms with van der Waals surface area (Å²) in [4.78, 5) is 14.1. The molecular formula is C14H18N4O. The van der Waals surface area contributed by atoms with Crippen LogP contribution in [0.3, 0.4) is 0 Å². The van der Waals surface area contributed by atoms with Crippen LogP contribution in [0.15, 0.2) is 36.4 Å². The maximum absolute atomic E-state index is 12.3. The van der Waals surface area contributed by atoms with Gasteiger partial charge in [-0.15, -0.1) is 0 Å². The van der Waals surface area contributed by atoms with E-state index in [1.165, 1.54) is 0 Å². The van der Waals surface area contributed by atoms with Gasteiger partial charge < -0.3 is 10.6 Å². The Kier molecular flexibility index (Phi) is 4.30. The molecule has 0 saturated carbocycles. The van der Waals surface area contributed by atoms with E-state index >= 15 is 0 Å². The molecule has 1 aromatic carbocycles. The van der Waals surface area contributed by atoms with Gasteiger partial charge in [0.2, 0.25) is 0 Å². The average molecular weight is 258 g/mol. The zero-order valence-electron chi connectivity index (χ0n) is 11.0. The van der Waals surface area contributed by atoms with Crippen LogP contribution in [0, 0.1) is 6.92 Å². The standard InChI is InChI=1S/C14H18N4O/c1-11-9-13(17-16-11)14(19)18(8-7-15)10-12-5-3-2-4-6-12/h2-6,9H,7-8,10,15H2,1H3,(H,16,17). The largest absolute Gasteiger partial charge is 0.332 e. The lowest BCUT2D eigenvalue weighted by molar-refractivity contribution is 0.0742. The molecular weight excluding hydrogens is 240 g/mol. The van der Waals surface area contributed by atoms with Gasteiger partial charge in [-0.25, -0.2) is 0 Å². The molecule has 0 bridgehead atoms. The number of benzene rings is 1. The summed E-state index contributed by atoms with van der Waals surface area (Å²) < 4.78 is 0. The van der Waals surface area contributed by atoms with E-state index in [0.29, 0.717) is 25.3 Å². The van der Waals surface area contributed by atoms with Gasteiger partial charge in [0, 0.05) is 25.3 Å². The Hall–Kier alpha value is -2.14. The van der Waals surface area contributed by atoms with Crippen molar-refractivity contribution < 1.29 is 4.79 Å². The molecule has 1 aromatic heterocycles. The van der Waals surface area contributed by atoms with Crippen LogP contribution in [-0.4, -0.2) is 34.1 Å². The van der Waals surface area contributed by atoms with Crippen molar-refractivity contribution in [2.24, 2.45) is 5.73 Å². The molecule has 0 aliphatic carbocycles. The van der Waals surface area contributed by atoms with E-state index in [1.807, 2.05) is 37.3 Å². The topological polar surface area (TPSA) is 75.0 Å². The van der Waals surface area contributed by atoms with Crippen LogP contribution in [0.25, 0.3) is 0 Å². The molecule has 0 atom stereocenters. The van der Waals surface area contributed by atoms with Gasteiger partial charge in [0.15, 0.2) is 0 Å². The second kappa shape index (κ2) is 6.15. The Morgan fingerprint density at radius 2 is 2.11 bits per heavy atom. The highest BCUT2D eigenvalue weighted by Crippen LogP contribution is 2.09. The van der Waals surface area contributed by atoms with Gasteiger partial charge in [0.25, 0.3) is 5.91 Å². The summed E-state index contributed by atoms with van der Waals surface area (Å²) in [5.74, 6) is -0.0985. The van der Waals surface area contributed by atoms with Crippen molar-refractivity contribution >= 4 is 5.91 Å². The Bertz CT molecular complexity index is 535. The molecule has 1 heterocycles. The molecule has 19 heavy (non-hydrogen) atoms. The molecule has 0 aliphatic heterocycles. The van der Waals surface area contributed by atoms with Crippen molar-refractivity contribution in [2.75, 3.05) is 13.1 Å². The number of carbonyl (C=O) groups is 1. The number of aromatic amines is 1. The zero-order chi connectivity index (χ0) is 13.7. The monoisotopic (exact) mass is 258 g/mol. The van der Waals surface area contributed by atoms with E-state index in [-0.39, 0.29) is 5.91 Å². The van der Waals surface area contributed by atoms with E-state index in [1.54, 1.807) is 11.0 Å². The minimum atomic E-state index is -0.0985. The van der Waals surface area contributed by atoms with Crippen LogP contribution in [0.1, 0.15) is 21.7 Å². The van der Waals surface area contributed by atoms with Crippen molar-refractivity contribution in [3.63, 3.8) is 0 Å². The van der Waals surface area contributed by atoms with Crippen LogP contribution in [-0.2, 0) is 6.54 Å². The molecule has 0 unspecified atom stereocenters. The molecule has 0 saturated heterocycles. The van der Waals surface area contributed by atoms with E-state index in [2.05, 4.69) is 10.2 Å². The van der Waals surface area contributed by atoms with Gasteiger partial charge in [-0.1, -0.05) is 30.3 Å². The molecule has 3 N–H and O–H groups in total. The molecule has 5 heteroatoms. The van der Waals surface area contributed by atoms with E-state index in [9.17, 15) is 4.79 Å². The minimum Gasteiger partial charge on any atom is -0.332 e. The maximum Gasteiger partial charge on any atom is 0.274 e. The fraction of sp³-hybridized carbons (Fsp3) is 0.286. The van der Waals surface area contributed by atoms with Crippen molar-refractivity contribution in [3.8, 4) is 0 Å². The highest BCUT2D eigenvalue weighted by Gasteiger charge is 2.17. The Morgan fingerprint density at radius 3 is 2.68 bits per heavy atom. The lowest BCUT2D eigenvalue weighted by atomic mass is 10.2. The summed E-state index contributed by atoms with van der Waals surface area (Å²) in [5.41, 5.74) is 7.97. The van der Waals surface area contributed by atoms with Gasteiger partial charge in [-0.3, -0.25) is 9.89 Å². The Morgan fingerprint density at radius 1 is 1.37 bits per heavy atom. The molecule has 0 spiro atoms. The summed E-state index contributed by atoms with van der Waals surface area (Å²) in [6.45, 7) is 3.36. The number of nitrogens with one attached hydrogen (secondary N) is 1. The number of carbonyl (C=O) groups excluding carboxylic acids is 1. The third kappa shape index (κ3) is 3.42. The smallest absolute Gasteiger partial charge is 0.274 e. The molecule has 0 fully saturated rings. The first-order valence-electron chi connectivity index (χ1n) is 6.26. The zero-order valence-corrected chi connectivity index (χ0v) is 11.0. The van der Waals surface area contributed by atoms with Gasteiger partial charge in [-0.2, -0.15) is 5.10 Å². The van der Waals surface area contributed by atoms with Crippen LogP contribution >= 0.6 is 0 Å². The summed E-state index contributed by atoms with van der Waals surface area (Å²) in [6.07, 6.45) is 0. The number of hydrogen-bond donors (Lipinski definition) is 2. The quantitative estimate of drug-likeness (QED) is 0.849. The average Bonchev–Trinajstić information content (AvgIpc) is 2.85. The predicted octanol–water partition coefficient (Wildman–Crippen LogP) is 1.32. The fourth-order valence-corrected chi connectivity index (χ4v) is 1.90. The number of hydrogen-bond acceptors (Lipinski definition) is 3. The fourth-order valence-electron chi connectivity index (χ4n) is 1.90. The number of aromatic nitrogens is 2. The molecule has 1 amide bonds. The highest BCUT2D eigenvalue weighted by atomic mass is 16.2. The molecule has 2 rings (SSSR count). The van der Waals surface area contributed by atoms with Crippen LogP contribution in [0.4, 0.5) is 0 Å². The summed E-state index contributed by atoms with van der Waals surface area (Å²) in [5, 5.41) is 6.79. The third-order valence-corrected chi connectivity index (χ3v) is 2.83. The van der Waals surface area contributed by atoms with Gasteiger partial charge >= 0.3 is 0 Å². The van der Waals surface area contributed by atoms with E-state index < -0.39 is 0 Å². The molecule has 0 aliphatic rings. The lowest BCUT2D eigenvalue weighted by Gasteiger charge is -2.21. The van der Waals surface area contributed by atoms with Gasteiger partial charge in [0.1, 0.15) is 5.69 Å². The second-order valence-corrected chi connectivity index (χ2v) is 4.44. The van der Waals surface area contributed by atoms with Gasteiger partial charge in [-0.05, 0) is 18.6 Å². The highest BCUT2D eigenvalue weighted by molar-refractivity contribution is 5.92. The second-order valence-electron chi connectivity index (χ2n) is 4.44. The first kappa shape index (κ1) is 13.3. The molecule has 5 nitrogen and oxygen atoms in total. The first-order valence-corrected chi connectivity index (χ1v) is 6.26. The maximum atomic E-state index is 12.3. The van der Waals surface area contributed by atoms with Crippen molar-refractivity contribution in [1.29, 1.82) is 0 Å².